The monoisotopic (exact) mass is 383 g/mol. The summed E-state index contributed by atoms with van der Waals surface area (Å²) in [6.07, 6.45) is 1.48. The predicted octanol–water partition coefficient (Wildman–Crippen LogP) is 1.48. The van der Waals surface area contributed by atoms with E-state index in [4.69, 9.17) is 19.6 Å². The Labute approximate surface area is 161 Å². The first-order valence-corrected chi connectivity index (χ1v) is 8.86. The molecule has 28 heavy (non-hydrogen) atoms. The van der Waals surface area contributed by atoms with Crippen LogP contribution in [0.1, 0.15) is 10.6 Å². The van der Waals surface area contributed by atoms with E-state index in [0.29, 0.717) is 59.6 Å². The number of methoxy groups -OCH3 is 2. The Kier molecular flexibility index (Phi) is 4.74. The smallest absolute Gasteiger partial charge is 0.228 e. The molecule has 0 spiro atoms. The number of anilines is 2. The quantitative estimate of drug-likeness (QED) is 0.632. The standard InChI is InChI=1S/C19H21N5O4/c1-26-15-8-11-12(9-16(15)27-2)22-19(23-18(11)20)24-6-5-21-10-13(24)17(25)14-4-3-7-28-14/h3-4,7-9,13,21H,5-6,10H2,1-2H3,(H2,20,22,23). The maximum absolute atomic E-state index is 12.9. The molecule has 1 fully saturated rings. The number of hydrogen-bond acceptors (Lipinski definition) is 9. The first-order chi connectivity index (χ1) is 13.6. The van der Waals surface area contributed by atoms with Crippen molar-refractivity contribution in [2.45, 2.75) is 6.04 Å². The van der Waals surface area contributed by atoms with Gasteiger partial charge in [0.15, 0.2) is 17.3 Å². The van der Waals surface area contributed by atoms with Crippen molar-refractivity contribution in [2.75, 3.05) is 44.5 Å². The van der Waals surface area contributed by atoms with Gasteiger partial charge in [0.05, 0.1) is 26.0 Å². The predicted molar refractivity (Wildman–Crippen MR) is 104 cm³/mol. The molecule has 3 N–H and O–H groups in total. The fourth-order valence-electron chi connectivity index (χ4n) is 3.36. The van der Waals surface area contributed by atoms with E-state index in [0.717, 1.165) is 0 Å². The summed E-state index contributed by atoms with van der Waals surface area (Å²) in [5.41, 5.74) is 6.82. The summed E-state index contributed by atoms with van der Waals surface area (Å²) >= 11 is 0. The summed E-state index contributed by atoms with van der Waals surface area (Å²) in [6.45, 7) is 1.73. The number of benzene rings is 1. The third-order valence-corrected chi connectivity index (χ3v) is 4.79. The van der Waals surface area contributed by atoms with Crippen molar-refractivity contribution >= 4 is 28.5 Å². The number of carbonyl (C=O) groups excluding carboxylic acids is 1. The van der Waals surface area contributed by atoms with Gasteiger partial charge in [0, 0.05) is 31.1 Å². The molecule has 9 heteroatoms. The van der Waals surface area contributed by atoms with E-state index < -0.39 is 6.04 Å². The number of rotatable bonds is 5. The fourth-order valence-corrected chi connectivity index (χ4v) is 3.36. The normalized spacial score (nSPS) is 16.9. The first-order valence-electron chi connectivity index (χ1n) is 8.86. The highest BCUT2D eigenvalue weighted by Gasteiger charge is 2.33. The van der Waals surface area contributed by atoms with Gasteiger partial charge in [0.25, 0.3) is 0 Å². The largest absolute Gasteiger partial charge is 0.493 e. The van der Waals surface area contributed by atoms with E-state index >= 15 is 0 Å². The van der Waals surface area contributed by atoms with E-state index in [1.165, 1.54) is 6.26 Å². The van der Waals surface area contributed by atoms with Gasteiger partial charge < -0.3 is 29.8 Å². The summed E-state index contributed by atoms with van der Waals surface area (Å²) in [6, 6.07) is 6.36. The Balaban J connectivity index is 1.77. The zero-order valence-corrected chi connectivity index (χ0v) is 15.6. The van der Waals surface area contributed by atoms with Crippen LogP contribution in [0.4, 0.5) is 11.8 Å². The van der Waals surface area contributed by atoms with Crippen molar-refractivity contribution in [3.05, 3.63) is 36.3 Å². The number of carbonyl (C=O) groups is 1. The molecule has 0 bridgehead atoms. The van der Waals surface area contributed by atoms with Crippen LogP contribution in [-0.4, -0.2) is 55.6 Å². The van der Waals surface area contributed by atoms with Gasteiger partial charge in [-0.2, -0.15) is 4.98 Å². The van der Waals surface area contributed by atoms with E-state index in [1.807, 2.05) is 4.90 Å². The number of nitrogens with zero attached hydrogens (tertiary/aromatic N) is 3. The number of nitrogens with two attached hydrogens (primary N) is 1. The molecular formula is C19H21N5O4. The van der Waals surface area contributed by atoms with Crippen molar-refractivity contribution in [2.24, 2.45) is 0 Å². The van der Waals surface area contributed by atoms with E-state index in [-0.39, 0.29) is 5.78 Å². The summed E-state index contributed by atoms with van der Waals surface area (Å²) in [4.78, 5) is 23.8. The maximum Gasteiger partial charge on any atom is 0.228 e. The number of hydrogen-bond donors (Lipinski definition) is 2. The molecule has 0 amide bonds. The number of Topliss-reactive ketones (excluding diaryl/α,β-unsaturated/α-hetero) is 1. The highest BCUT2D eigenvalue weighted by Crippen LogP contribution is 2.34. The molecule has 9 nitrogen and oxygen atoms in total. The summed E-state index contributed by atoms with van der Waals surface area (Å²) in [7, 11) is 3.12. The number of nitrogens with one attached hydrogen (secondary N) is 1. The molecule has 0 radical (unpaired) electrons. The molecule has 1 aromatic carbocycles. The second-order valence-electron chi connectivity index (χ2n) is 6.39. The number of aromatic nitrogens is 2. The van der Waals surface area contributed by atoms with Crippen molar-refractivity contribution in [3.8, 4) is 11.5 Å². The lowest BCUT2D eigenvalue weighted by Gasteiger charge is -2.34. The minimum Gasteiger partial charge on any atom is -0.493 e. The van der Waals surface area contributed by atoms with Crippen LogP contribution in [0.3, 0.4) is 0 Å². The molecule has 1 aliphatic rings. The summed E-state index contributed by atoms with van der Waals surface area (Å²) < 4.78 is 16.0. The van der Waals surface area contributed by atoms with Crippen molar-refractivity contribution in [1.82, 2.24) is 15.3 Å². The van der Waals surface area contributed by atoms with Crippen LogP contribution in [-0.2, 0) is 0 Å². The SMILES string of the molecule is COc1cc2nc(N3CCNCC3C(=O)c3ccco3)nc(N)c2cc1OC. The number of fused-ring (bicyclic) bond motifs is 1. The zero-order valence-electron chi connectivity index (χ0n) is 15.6. The Morgan fingerprint density at radius 3 is 2.79 bits per heavy atom. The lowest BCUT2D eigenvalue weighted by Crippen LogP contribution is -2.55. The van der Waals surface area contributed by atoms with E-state index in [1.54, 1.807) is 38.5 Å². The highest BCUT2D eigenvalue weighted by atomic mass is 16.5. The molecule has 0 saturated carbocycles. The van der Waals surface area contributed by atoms with Crippen molar-refractivity contribution < 1.29 is 18.7 Å². The Bertz CT molecular complexity index is 1010. The molecule has 0 aliphatic carbocycles. The van der Waals surface area contributed by atoms with Crippen LogP contribution < -0.4 is 25.4 Å². The Morgan fingerprint density at radius 2 is 2.07 bits per heavy atom. The van der Waals surface area contributed by atoms with Gasteiger partial charge in [-0.3, -0.25) is 4.79 Å². The molecule has 1 saturated heterocycles. The molecular weight excluding hydrogens is 362 g/mol. The molecule has 2 aromatic heterocycles. The molecule has 4 rings (SSSR count). The fraction of sp³-hybridized carbons (Fsp3) is 0.316. The van der Waals surface area contributed by atoms with Crippen LogP contribution in [0.2, 0.25) is 0 Å². The van der Waals surface area contributed by atoms with Gasteiger partial charge in [0.2, 0.25) is 11.7 Å². The number of piperazine rings is 1. The van der Waals surface area contributed by atoms with E-state index in [2.05, 4.69) is 15.3 Å². The third-order valence-electron chi connectivity index (χ3n) is 4.79. The lowest BCUT2D eigenvalue weighted by molar-refractivity contribution is 0.0922. The topological polar surface area (TPSA) is 116 Å². The highest BCUT2D eigenvalue weighted by molar-refractivity contribution is 6.00. The average molecular weight is 383 g/mol. The molecule has 3 aromatic rings. The number of nitrogen functional groups attached to an aromatic ring is 1. The maximum atomic E-state index is 12.9. The molecule has 1 unspecified atom stereocenters. The summed E-state index contributed by atoms with van der Waals surface area (Å²) in [5, 5.41) is 3.89. The number of furan rings is 1. The van der Waals surface area contributed by atoms with Crippen molar-refractivity contribution in [1.29, 1.82) is 0 Å². The lowest BCUT2D eigenvalue weighted by atomic mass is 10.1. The van der Waals surface area contributed by atoms with Gasteiger partial charge in [-0.05, 0) is 18.2 Å². The Hall–Kier alpha value is -3.33. The average Bonchev–Trinajstić information content (AvgIpc) is 3.27. The Morgan fingerprint density at radius 1 is 1.29 bits per heavy atom. The second kappa shape index (κ2) is 7.35. The minimum absolute atomic E-state index is 0.133. The van der Waals surface area contributed by atoms with Crippen LogP contribution in [0.5, 0.6) is 11.5 Å². The second-order valence-corrected chi connectivity index (χ2v) is 6.39. The molecule has 146 valence electrons. The van der Waals surface area contributed by atoms with Gasteiger partial charge in [-0.25, -0.2) is 4.98 Å². The first kappa shape index (κ1) is 18.1. The van der Waals surface area contributed by atoms with Gasteiger partial charge in [-0.1, -0.05) is 0 Å². The zero-order chi connectivity index (χ0) is 19.7. The molecule has 1 atom stereocenters. The van der Waals surface area contributed by atoms with Gasteiger partial charge in [0.1, 0.15) is 11.9 Å². The number of ether oxygens (including phenoxy) is 2. The molecule has 1 aliphatic heterocycles. The minimum atomic E-state index is -0.489. The van der Waals surface area contributed by atoms with Crippen LogP contribution in [0, 0.1) is 0 Å². The third kappa shape index (κ3) is 3.09. The molecule has 3 heterocycles. The van der Waals surface area contributed by atoms with E-state index in [9.17, 15) is 4.79 Å². The summed E-state index contributed by atoms with van der Waals surface area (Å²) in [5.74, 6) is 1.96. The van der Waals surface area contributed by atoms with Gasteiger partial charge in [-0.15, -0.1) is 0 Å². The van der Waals surface area contributed by atoms with Crippen molar-refractivity contribution in [3.63, 3.8) is 0 Å². The van der Waals surface area contributed by atoms with Crippen LogP contribution in [0.15, 0.2) is 34.9 Å². The van der Waals surface area contributed by atoms with Crippen LogP contribution in [0.25, 0.3) is 10.9 Å². The van der Waals surface area contributed by atoms with Gasteiger partial charge >= 0.3 is 0 Å². The van der Waals surface area contributed by atoms with Crippen LogP contribution >= 0.6 is 0 Å². The number of ketones is 1.